The van der Waals surface area contributed by atoms with Crippen LogP contribution in [0, 0.1) is 6.92 Å². The average Bonchev–Trinajstić information content (AvgIpc) is 2.99. The van der Waals surface area contributed by atoms with Crippen LogP contribution in [-0.4, -0.2) is 41.7 Å². The highest BCUT2D eigenvalue weighted by Gasteiger charge is 2.30. The molecule has 0 aliphatic heterocycles. The molecule has 1 N–H and O–H groups in total. The van der Waals surface area contributed by atoms with Crippen molar-refractivity contribution in [1.82, 2.24) is 5.32 Å². The lowest BCUT2D eigenvalue weighted by atomic mass is 9.95. The van der Waals surface area contributed by atoms with E-state index in [0.717, 1.165) is 21.0 Å². The number of hydrogen-bond acceptors (Lipinski definition) is 6. The molecule has 4 rings (SSSR count). The summed E-state index contributed by atoms with van der Waals surface area (Å²) >= 11 is 0. The van der Waals surface area contributed by atoms with Crippen molar-refractivity contribution < 1.29 is 27.4 Å². The van der Waals surface area contributed by atoms with Gasteiger partial charge in [0, 0.05) is 6.07 Å². The van der Waals surface area contributed by atoms with Gasteiger partial charge < -0.3 is 19.5 Å². The molecule has 0 aliphatic rings. The Morgan fingerprint density at radius 2 is 1.51 bits per heavy atom. The van der Waals surface area contributed by atoms with Gasteiger partial charge in [-0.1, -0.05) is 54.6 Å². The second-order valence-electron chi connectivity index (χ2n) is 9.22. The standard InChI is InChI=1S/C32H34N2O6S/c1-5-40-26-17-15-25(16-18-26)34(41(36,37)27-19-20-29(38-3)30(21-27)39-4)22-31(35)33-32(24-12-7-6-8-13-24)28-14-10-9-11-23(28)2/h6-21,32H,5,22H2,1-4H3,(H,33,35)/t32-/m0/s1. The molecule has 0 unspecified atom stereocenters. The van der Waals surface area contributed by atoms with Crippen LogP contribution in [0.3, 0.4) is 0 Å². The van der Waals surface area contributed by atoms with Gasteiger partial charge in [-0.3, -0.25) is 9.10 Å². The maximum Gasteiger partial charge on any atom is 0.264 e. The van der Waals surface area contributed by atoms with E-state index in [4.69, 9.17) is 14.2 Å². The van der Waals surface area contributed by atoms with Gasteiger partial charge in [-0.2, -0.15) is 0 Å². The number of hydrogen-bond donors (Lipinski definition) is 1. The van der Waals surface area contributed by atoms with Gasteiger partial charge in [0.15, 0.2) is 11.5 Å². The van der Waals surface area contributed by atoms with Crippen LogP contribution in [0.2, 0.25) is 0 Å². The second kappa shape index (κ2) is 13.2. The van der Waals surface area contributed by atoms with Gasteiger partial charge in [0.05, 0.1) is 37.5 Å². The molecule has 0 fully saturated rings. The fraction of sp³-hybridized carbons (Fsp3) is 0.219. The summed E-state index contributed by atoms with van der Waals surface area (Å²) in [5, 5.41) is 3.07. The Bertz CT molecular complexity index is 1570. The van der Waals surface area contributed by atoms with Crippen LogP contribution in [0.25, 0.3) is 0 Å². The van der Waals surface area contributed by atoms with Gasteiger partial charge in [-0.15, -0.1) is 0 Å². The van der Waals surface area contributed by atoms with Crippen molar-refractivity contribution in [2.45, 2.75) is 24.8 Å². The Morgan fingerprint density at radius 3 is 2.15 bits per heavy atom. The Kier molecular flexibility index (Phi) is 9.52. The molecule has 0 aliphatic carbocycles. The number of rotatable bonds is 12. The Hall–Kier alpha value is -4.50. The first kappa shape index (κ1) is 29.5. The third-order valence-electron chi connectivity index (χ3n) is 6.60. The maximum absolute atomic E-state index is 14.0. The number of ether oxygens (including phenoxy) is 3. The number of aryl methyl sites for hydroxylation is 1. The number of methoxy groups -OCH3 is 2. The van der Waals surface area contributed by atoms with Crippen molar-refractivity contribution in [3.05, 3.63) is 114 Å². The van der Waals surface area contributed by atoms with E-state index in [1.165, 1.54) is 32.4 Å². The zero-order valence-electron chi connectivity index (χ0n) is 23.5. The molecule has 41 heavy (non-hydrogen) atoms. The van der Waals surface area contributed by atoms with E-state index in [0.29, 0.717) is 23.8 Å². The normalized spacial score (nSPS) is 11.8. The number of nitrogens with zero attached hydrogens (tertiary/aromatic N) is 1. The maximum atomic E-state index is 14.0. The van der Waals surface area contributed by atoms with Crippen molar-refractivity contribution in [3.8, 4) is 17.2 Å². The van der Waals surface area contributed by atoms with Crippen LogP contribution >= 0.6 is 0 Å². The molecule has 9 heteroatoms. The summed E-state index contributed by atoms with van der Waals surface area (Å²) in [5.74, 6) is 0.766. The summed E-state index contributed by atoms with van der Waals surface area (Å²) in [4.78, 5) is 13.6. The average molecular weight is 575 g/mol. The zero-order valence-corrected chi connectivity index (χ0v) is 24.4. The van der Waals surface area contributed by atoms with E-state index in [1.807, 2.05) is 68.4 Å². The van der Waals surface area contributed by atoms with Crippen molar-refractivity contribution >= 4 is 21.6 Å². The Balaban J connectivity index is 1.72. The van der Waals surface area contributed by atoms with Crippen molar-refractivity contribution in [1.29, 1.82) is 0 Å². The first-order valence-corrected chi connectivity index (χ1v) is 14.6. The fourth-order valence-corrected chi connectivity index (χ4v) is 5.97. The molecule has 4 aromatic carbocycles. The number of carbonyl (C=O) groups is 1. The minimum absolute atomic E-state index is 0.0460. The summed E-state index contributed by atoms with van der Waals surface area (Å²) in [7, 11) is -1.30. The highest BCUT2D eigenvalue weighted by atomic mass is 32.2. The molecule has 0 saturated heterocycles. The highest BCUT2D eigenvalue weighted by Crippen LogP contribution is 2.33. The monoisotopic (exact) mass is 574 g/mol. The van der Waals surface area contributed by atoms with E-state index >= 15 is 0 Å². The molecule has 214 valence electrons. The first-order chi connectivity index (χ1) is 19.8. The second-order valence-corrected chi connectivity index (χ2v) is 11.1. The summed E-state index contributed by atoms with van der Waals surface area (Å²) in [6.45, 7) is 3.85. The van der Waals surface area contributed by atoms with Gasteiger partial charge in [0.1, 0.15) is 12.3 Å². The first-order valence-electron chi connectivity index (χ1n) is 13.2. The molecular formula is C32H34N2O6S. The molecule has 0 spiro atoms. The van der Waals surface area contributed by atoms with E-state index in [1.54, 1.807) is 24.3 Å². The number of amides is 1. The SMILES string of the molecule is CCOc1ccc(N(CC(=O)N[C@@H](c2ccccc2)c2ccccc2C)S(=O)(=O)c2ccc(OC)c(OC)c2)cc1. The van der Waals surface area contributed by atoms with Gasteiger partial charge in [0.25, 0.3) is 10.0 Å². The Morgan fingerprint density at radius 1 is 0.854 bits per heavy atom. The molecule has 0 saturated carbocycles. The predicted molar refractivity (Wildman–Crippen MR) is 159 cm³/mol. The molecular weight excluding hydrogens is 540 g/mol. The van der Waals surface area contributed by atoms with E-state index < -0.39 is 28.5 Å². The molecule has 4 aromatic rings. The minimum atomic E-state index is -4.21. The van der Waals surface area contributed by atoms with Crippen LogP contribution in [0.5, 0.6) is 17.2 Å². The summed E-state index contributed by atoms with van der Waals surface area (Å²) in [5.41, 5.74) is 3.11. The quantitative estimate of drug-likeness (QED) is 0.240. The summed E-state index contributed by atoms with van der Waals surface area (Å²) < 4.78 is 45.3. The van der Waals surface area contributed by atoms with Crippen molar-refractivity contribution in [2.24, 2.45) is 0 Å². The van der Waals surface area contributed by atoms with Crippen molar-refractivity contribution in [3.63, 3.8) is 0 Å². The predicted octanol–water partition coefficient (Wildman–Crippen LogP) is 5.51. The smallest absolute Gasteiger partial charge is 0.264 e. The van der Waals surface area contributed by atoms with E-state index in [2.05, 4.69) is 5.32 Å². The van der Waals surface area contributed by atoms with Crippen LogP contribution in [-0.2, 0) is 14.8 Å². The number of anilines is 1. The summed E-state index contributed by atoms with van der Waals surface area (Å²) in [6.07, 6.45) is 0. The molecule has 0 bridgehead atoms. The molecule has 0 heterocycles. The third kappa shape index (κ3) is 6.81. The lowest BCUT2D eigenvalue weighted by Gasteiger charge is -2.27. The van der Waals surface area contributed by atoms with Gasteiger partial charge in [-0.25, -0.2) is 8.42 Å². The third-order valence-corrected chi connectivity index (χ3v) is 8.37. The lowest BCUT2D eigenvalue weighted by Crippen LogP contribution is -2.42. The molecule has 1 atom stereocenters. The van der Waals surface area contributed by atoms with Gasteiger partial charge in [-0.05, 0) is 66.9 Å². The van der Waals surface area contributed by atoms with Crippen molar-refractivity contribution in [2.75, 3.05) is 31.7 Å². The van der Waals surface area contributed by atoms with Crippen LogP contribution in [0.15, 0.2) is 102 Å². The number of nitrogens with one attached hydrogen (secondary N) is 1. The molecule has 8 nitrogen and oxygen atoms in total. The lowest BCUT2D eigenvalue weighted by molar-refractivity contribution is -0.120. The fourth-order valence-electron chi connectivity index (χ4n) is 4.53. The number of sulfonamides is 1. The van der Waals surface area contributed by atoms with Crippen LogP contribution in [0.4, 0.5) is 5.69 Å². The molecule has 1 amide bonds. The molecule has 0 aromatic heterocycles. The Labute approximate surface area is 241 Å². The highest BCUT2D eigenvalue weighted by molar-refractivity contribution is 7.92. The van der Waals surface area contributed by atoms with E-state index in [9.17, 15) is 13.2 Å². The van der Waals surface area contributed by atoms with E-state index in [-0.39, 0.29) is 10.6 Å². The van der Waals surface area contributed by atoms with Gasteiger partial charge in [0.2, 0.25) is 5.91 Å². The van der Waals surface area contributed by atoms with Crippen LogP contribution in [0.1, 0.15) is 29.7 Å². The number of benzene rings is 4. The van der Waals surface area contributed by atoms with Crippen LogP contribution < -0.4 is 23.8 Å². The summed E-state index contributed by atoms with van der Waals surface area (Å²) in [6, 6.07) is 27.8. The number of carbonyl (C=O) groups excluding carboxylic acids is 1. The largest absolute Gasteiger partial charge is 0.494 e. The zero-order chi connectivity index (χ0) is 29.4. The topological polar surface area (TPSA) is 94.2 Å². The van der Waals surface area contributed by atoms with Gasteiger partial charge >= 0.3 is 0 Å². The minimum Gasteiger partial charge on any atom is -0.494 e. The molecule has 0 radical (unpaired) electrons.